The topological polar surface area (TPSA) is 50.3 Å². The third kappa shape index (κ3) is 3.74. The van der Waals surface area contributed by atoms with Gasteiger partial charge in [-0.2, -0.15) is 0 Å². The lowest BCUT2D eigenvalue weighted by molar-refractivity contribution is 0.0895. The quantitative estimate of drug-likeness (QED) is 0.643. The van der Waals surface area contributed by atoms with Crippen LogP contribution in [0.25, 0.3) is 0 Å². The predicted octanol–water partition coefficient (Wildman–Crippen LogP) is 4.46. The van der Waals surface area contributed by atoms with E-state index in [1.807, 2.05) is 0 Å². The molecule has 3 aromatic rings. The molecule has 0 saturated carbocycles. The van der Waals surface area contributed by atoms with Crippen molar-refractivity contribution in [1.29, 1.82) is 0 Å². The van der Waals surface area contributed by atoms with Gasteiger partial charge in [0, 0.05) is 17.3 Å². The fourth-order valence-electron chi connectivity index (χ4n) is 2.68. The molecule has 27 heavy (non-hydrogen) atoms. The molecule has 2 aromatic carbocycles. The Bertz CT molecular complexity index is 956. The number of amides is 2. The van der Waals surface area contributed by atoms with Gasteiger partial charge >= 0.3 is 0 Å². The van der Waals surface area contributed by atoms with Crippen LogP contribution < -0.4 is 4.90 Å². The van der Waals surface area contributed by atoms with Crippen molar-refractivity contribution in [1.82, 2.24) is 4.98 Å². The molecule has 0 bridgehead atoms. The summed E-state index contributed by atoms with van der Waals surface area (Å²) in [6.07, 6.45) is 1.43. The van der Waals surface area contributed by atoms with Gasteiger partial charge in [0.1, 0.15) is 17.5 Å². The van der Waals surface area contributed by atoms with Crippen LogP contribution in [0.15, 0.2) is 60.8 Å². The Balaban J connectivity index is 2.15. The highest BCUT2D eigenvalue weighted by atomic mass is 19.1. The number of hydrogen-bond donors (Lipinski definition) is 0. The van der Waals surface area contributed by atoms with Crippen molar-refractivity contribution in [2.24, 2.45) is 0 Å². The SMILES string of the molecule is Cc1ccc(F)cc1C(=O)N(C(=O)c1cc(F)ccc1C)c1ccccn1. The molecule has 136 valence electrons. The van der Waals surface area contributed by atoms with Gasteiger partial charge in [0.05, 0.1) is 0 Å². The highest BCUT2D eigenvalue weighted by Crippen LogP contribution is 2.22. The van der Waals surface area contributed by atoms with Gasteiger partial charge in [-0.25, -0.2) is 18.7 Å². The second kappa shape index (κ2) is 7.45. The lowest BCUT2D eigenvalue weighted by atomic mass is 10.0. The molecular formula is C21H16F2N2O2. The Kier molecular flexibility index (Phi) is 5.07. The number of carbonyl (C=O) groups is 2. The monoisotopic (exact) mass is 366 g/mol. The summed E-state index contributed by atoms with van der Waals surface area (Å²) in [5, 5.41) is 0. The summed E-state index contributed by atoms with van der Waals surface area (Å²) in [6, 6.07) is 12.3. The first-order valence-electron chi connectivity index (χ1n) is 8.20. The molecular weight excluding hydrogens is 350 g/mol. The van der Waals surface area contributed by atoms with Crippen LogP contribution >= 0.6 is 0 Å². The summed E-state index contributed by atoms with van der Waals surface area (Å²) in [5.41, 5.74) is 1.07. The van der Waals surface area contributed by atoms with Crippen LogP contribution in [0.2, 0.25) is 0 Å². The fourth-order valence-corrected chi connectivity index (χ4v) is 2.68. The van der Waals surface area contributed by atoms with Gasteiger partial charge in [0.15, 0.2) is 0 Å². The second-order valence-corrected chi connectivity index (χ2v) is 6.05. The molecule has 0 aliphatic carbocycles. The van der Waals surface area contributed by atoms with E-state index in [2.05, 4.69) is 4.98 Å². The van der Waals surface area contributed by atoms with Crippen molar-refractivity contribution in [3.63, 3.8) is 0 Å². The van der Waals surface area contributed by atoms with E-state index in [4.69, 9.17) is 0 Å². The molecule has 4 nitrogen and oxygen atoms in total. The van der Waals surface area contributed by atoms with Crippen LogP contribution in [0.5, 0.6) is 0 Å². The van der Waals surface area contributed by atoms with Crippen molar-refractivity contribution in [2.75, 3.05) is 4.90 Å². The first-order chi connectivity index (χ1) is 12.9. The molecule has 2 amide bonds. The highest BCUT2D eigenvalue weighted by molar-refractivity contribution is 6.25. The Morgan fingerprint density at radius 2 is 1.33 bits per heavy atom. The van der Waals surface area contributed by atoms with Crippen LogP contribution in [0.1, 0.15) is 31.8 Å². The number of halogens is 2. The van der Waals surface area contributed by atoms with E-state index < -0.39 is 23.4 Å². The van der Waals surface area contributed by atoms with E-state index in [1.165, 1.54) is 36.5 Å². The molecule has 0 spiro atoms. The van der Waals surface area contributed by atoms with Crippen LogP contribution in [-0.4, -0.2) is 16.8 Å². The number of hydrogen-bond acceptors (Lipinski definition) is 3. The number of nitrogens with zero attached hydrogens (tertiary/aromatic N) is 2. The first-order valence-corrected chi connectivity index (χ1v) is 8.20. The van der Waals surface area contributed by atoms with Crippen molar-refractivity contribution >= 4 is 17.6 Å². The highest BCUT2D eigenvalue weighted by Gasteiger charge is 2.29. The lowest BCUT2D eigenvalue weighted by Gasteiger charge is -2.22. The minimum Gasteiger partial charge on any atom is -0.268 e. The number of imide groups is 1. The average molecular weight is 366 g/mol. The largest absolute Gasteiger partial charge is 0.268 e. The molecule has 0 unspecified atom stereocenters. The van der Waals surface area contributed by atoms with E-state index in [1.54, 1.807) is 26.0 Å². The molecule has 0 aliphatic heterocycles. The van der Waals surface area contributed by atoms with Crippen LogP contribution in [0.3, 0.4) is 0 Å². The smallest absolute Gasteiger partial charge is 0.266 e. The minimum atomic E-state index is -0.737. The molecule has 6 heteroatoms. The molecule has 0 fully saturated rings. The van der Waals surface area contributed by atoms with Crippen LogP contribution in [0, 0.1) is 25.5 Å². The molecule has 0 aliphatic rings. The average Bonchev–Trinajstić information content (AvgIpc) is 2.66. The molecule has 3 rings (SSSR count). The van der Waals surface area contributed by atoms with E-state index in [9.17, 15) is 18.4 Å². The maximum Gasteiger partial charge on any atom is 0.266 e. The molecule has 0 saturated heterocycles. The Morgan fingerprint density at radius 3 is 1.78 bits per heavy atom. The number of carbonyl (C=O) groups excluding carboxylic acids is 2. The second-order valence-electron chi connectivity index (χ2n) is 6.05. The molecule has 1 aromatic heterocycles. The van der Waals surface area contributed by atoms with Crippen LogP contribution in [0.4, 0.5) is 14.6 Å². The summed E-state index contributed by atoms with van der Waals surface area (Å²) < 4.78 is 27.4. The Labute approximate surface area is 155 Å². The lowest BCUT2D eigenvalue weighted by Crippen LogP contribution is -2.38. The van der Waals surface area contributed by atoms with Crippen LogP contribution in [-0.2, 0) is 0 Å². The molecule has 1 heterocycles. The standard InChI is InChI=1S/C21H16F2N2O2/c1-13-6-8-15(22)11-17(13)20(26)25(19-5-3-4-10-24-19)21(27)18-12-16(23)9-7-14(18)2/h3-12H,1-2H3. The molecule has 0 radical (unpaired) electrons. The fraction of sp³-hybridized carbons (Fsp3) is 0.0952. The maximum absolute atomic E-state index is 13.7. The van der Waals surface area contributed by atoms with Crippen molar-refractivity contribution in [2.45, 2.75) is 13.8 Å². The number of benzene rings is 2. The van der Waals surface area contributed by atoms with Crippen molar-refractivity contribution in [3.8, 4) is 0 Å². The minimum absolute atomic E-state index is 0.0306. The zero-order chi connectivity index (χ0) is 19.6. The van der Waals surface area contributed by atoms with E-state index in [0.717, 1.165) is 17.0 Å². The Hall–Kier alpha value is -3.41. The summed E-state index contributed by atoms with van der Waals surface area (Å²) in [6.45, 7) is 3.28. The maximum atomic E-state index is 13.7. The van der Waals surface area contributed by atoms with Gasteiger partial charge in [0.2, 0.25) is 0 Å². The van der Waals surface area contributed by atoms with Gasteiger partial charge in [-0.15, -0.1) is 0 Å². The van der Waals surface area contributed by atoms with Crippen molar-refractivity contribution < 1.29 is 18.4 Å². The number of aryl methyl sites for hydroxylation is 2. The summed E-state index contributed by atoms with van der Waals surface area (Å²) in [7, 11) is 0. The van der Waals surface area contributed by atoms with Gasteiger partial charge in [-0.05, 0) is 61.4 Å². The summed E-state index contributed by atoms with van der Waals surface area (Å²) >= 11 is 0. The van der Waals surface area contributed by atoms with Gasteiger partial charge in [-0.1, -0.05) is 18.2 Å². The molecule has 0 atom stereocenters. The number of rotatable bonds is 3. The zero-order valence-electron chi connectivity index (χ0n) is 14.7. The predicted molar refractivity (Wildman–Crippen MR) is 97.7 cm³/mol. The van der Waals surface area contributed by atoms with E-state index in [-0.39, 0.29) is 16.9 Å². The zero-order valence-corrected chi connectivity index (χ0v) is 14.7. The first kappa shape index (κ1) is 18.4. The van der Waals surface area contributed by atoms with Gasteiger partial charge in [0.25, 0.3) is 11.8 Å². The third-order valence-electron chi connectivity index (χ3n) is 4.14. The summed E-state index contributed by atoms with van der Waals surface area (Å²) in [4.78, 5) is 31.2. The number of aromatic nitrogens is 1. The number of pyridine rings is 1. The Morgan fingerprint density at radius 1 is 0.815 bits per heavy atom. The third-order valence-corrected chi connectivity index (χ3v) is 4.14. The summed E-state index contributed by atoms with van der Waals surface area (Å²) in [5.74, 6) is -2.60. The van der Waals surface area contributed by atoms with Gasteiger partial charge < -0.3 is 0 Å². The number of anilines is 1. The van der Waals surface area contributed by atoms with Crippen molar-refractivity contribution in [3.05, 3.63) is 94.7 Å². The van der Waals surface area contributed by atoms with E-state index >= 15 is 0 Å². The van der Waals surface area contributed by atoms with Gasteiger partial charge in [-0.3, -0.25) is 9.59 Å². The van der Waals surface area contributed by atoms with E-state index in [0.29, 0.717) is 11.1 Å². The molecule has 0 N–H and O–H groups in total. The normalized spacial score (nSPS) is 10.5.